The van der Waals surface area contributed by atoms with Crippen molar-refractivity contribution in [2.45, 2.75) is 26.9 Å². The maximum atomic E-state index is 12.9. The second kappa shape index (κ2) is 15.5. The molecule has 2 rings (SSSR count). The van der Waals surface area contributed by atoms with Crippen LogP contribution in [0.3, 0.4) is 0 Å². The molecule has 7 heteroatoms. The molecule has 0 radical (unpaired) electrons. The van der Waals surface area contributed by atoms with Crippen LogP contribution in [0.5, 0.6) is 0 Å². The summed E-state index contributed by atoms with van der Waals surface area (Å²) in [7, 11) is 0. The van der Waals surface area contributed by atoms with Crippen LogP contribution < -0.4 is 5.32 Å². The Kier molecular flexibility index (Phi) is 12.5. The van der Waals surface area contributed by atoms with E-state index in [1.807, 2.05) is 42.2 Å². The van der Waals surface area contributed by atoms with Crippen molar-refractivity contribution in [2.24, 2.45) is 0 Å². The van der Waals surface area contributed by atoms with E-state index in [-0.39, 0.29) is 6.09 Å². The van der Waals surface area contributed by atoms with Crippen LogP contribution in [0.2, 0.25) is 0 Å². The summed E-state index contributed by atoms with van der Waals surface area (Å²) < 4.78 is 10.8. The Balaban J connectivity index is 1.99. The summed E-state index contributed by atoms with van der Waals surface area (Å²) in [6.45, 7) is 13.2. The van der Waals surface area contributed by atoms with Gasteiger partial charge < -0.3 is 24.6 Å². The lowest BCUT2D eigenvalue weighted by molar-refractivity contribution is 0.0863. The molecular formula is C24H38N4O3. The van der Waals surface area contributed by atoms with Gasteiger partial charge in [-0.3, -0.25) is 4.90 Å². The molecule has 0 saturated carbocycles. The highest BCUT2D eigenvalue weighted by Gasteiger charge is 2.18. The van der Waals surface area contributed by atoms with E-state index in [1.54, 1.807) is 0 Å². The first kappa shape index (κ1) is 25.0. The molecule has 0 spiro atoms. The van der Waals surface area contributed by atoms with Crippen LogP contribution in [-0.2, 0) is 16.1 Å². The highest BCUT2D eigenvalue weighted by Crippen LogP contribution is 2.05. The lowest BCUT2D eigenvalue weighted by Gasteiger charge is -2.30. The Hall–Kier alpha value is -2.27. The normalized spacial score (nSPS) is 17.0. The van der Waals surface area contributed by atoms with E-state index in [2.05, 4.69) is 34.1 Å². The zero-order valence-electron chi connectivity index (χ0n) is 19.1. The number of nitrogens with zero attached hydrogens (tertiary/aromatic N) is 3. The molecule has 7 nitrogen and oxygen atoms in total. The molecule has 0 unspecified atom stereocenters. The maximum absolute atomic E-state index is 12.9. The van der Waals surface area contributed by atoms with Crippen molar-refractivity contribution in [3.63, 3.8) is 0 Å². The Labute approximate surface area is 187 Å². The van der Waals surface area contributed by atoms with Gasteiger partial charge in [0.1, 0.15) is 12.7 Å². The summed E-state index contributed by atoms with van der Waals surface area (Å²) in [5, 5.41) is 3.53. The maximum Gasteiger partial charge on any atom is 0.410 e. The minimum absolute atomic E-state index is 0.254. The van der Waals surface area contributed by atoms with Gasteiger partial charge in [-0.25, -0.2) is 4.79 Å². The number of carbonyl (C=O) groups excluding carboxylic acids is 1. The van der Waals surface area contributed by atoms with Crippen LogP contribution in [0.15, 0.2) is 30.3 Å². The first-order chi connectivity index (χ1) is 15.2. The molecular weight excluding hydrogens is 392 g/mol. The van der Waals surface area contributed by atoms with Gasteiger partial charge in [-0.2, -0.15) is 0 Å². The average molecular weight is 431 g/mol. The average Bonchev–Trinajstić information content (AvgIpc) is 2.78. The summed E-state index contributed by atoms with van der Waals surface area (Å²) in [6.07, 6.45) is 3.59. The number of amides is 1. The fourth-order valence-electron chi connectivity index (χ4n) is 3.42. The van der Waals surface area contributed by atoms with Crippen molar-refractivity contribution < 1.29 is 14.3 Å². The topological polar surface area (TPSA) is 57.3 Å². The van der Waals surface area contributed by atoms with E-state index < -0.39 is 0 Å². The van der Waals surface area contributed by atoms with Crippen molar-refractivity contribution in [1.82, 2.24) is 20.0 Å². The summed E-state index contributed by atoms with van der Waals surface area (Å²) >= 11 is 0. The second-order valence-electron chi connectivity index (χ2n) is 7.61. The summed E-state index contributed by atoms with van der Waals surface area (Å²) in [5.41, 5.74) is 0.997. The molecule has 1 aliphatic heterocycles. The van der Waals surface area contributed by atoms with Gasteiger partial charge in [0.2, 0.25) is 0 Å². The first-order valence-electron chi connectivity index (χ1n) is 11.4. The number of rotatable bonds is 6. The molecule has 1 aromatic rings. The van der Waals surface area contributed by atoms with Crippen molar-refractivity contribution in [3.05, 3.63) is 35.9 Å². The van der Waals surface area contributed by atoms with Gasteiger partial charge in [0, 0.05) is 52.4 Å². The van der Waals surface area contributed by atoms with Crippen LogP contribution in [0.4, 0.5) is 4.79 Å². The first-order valence-corrected chi connectivity index (χ1v) is 11.4. The monoisotopic (exact) mass is 430 g/mol. The van der Waals surface area contributed by atoms with Crippen LogP contribution >= 0.6 is 0 Å². The number of hydrogen-bond acceptors (Lipinski definition) is 6. The molecule has 1 fully saturated rings. The van der Waals surface area contributed by atoms with Gasteiger partial charge in [-0.15, -0.1) is 0 Å². The predicted molar refractivity (Wildman–Crippen MR) is 124 cm³/mol. The van der Waals surface area contributed by atoms with E-state index in [0.717, 1.165) is 57.8 Å². The van der Waals surface area contributed by atoms with Crippen molar-refractivity contribution >= 4 is 6.09 Å². The highest BCUT2D eigenvalue weighted by molar-refractivity contribution is 5.67. The quantitative estimate of drug-likeness (QED) is 0.699. The highest BCUT2D eigenvalue weighted by atomic mass is 16.6. The summed E-state index contributed by atoms with van der Waals surface area (Å²) in [4.78, 5) is 19.4. The molecule has 0 bridgehead atoms. The van der Waals surface area contributed by atoms with Crippen LogP contribution in [0.1, 0.15) is 25.8 Å². The molecule has 0 atom stereocenters. The van der Waals surface area contributed by atoms with Gasteiger partial charge in [-0.05, 0) is 31.4 Å². The Morgan fingerprint density at radius 3 is 2.42 bits per heavy atom. The van der Waals surface area contributed by atoms with E-state index >= 15 is 0 Å². The smallest absolute Gasteiger partial charge is 0.410 e. The van der Waals surface area contributed by atoms with Gasteiger partial charge in [0.25, 0.3) is 0 Å². The SMILES string of the molecule is CCCN1CCNCCN(CC#COCC)CCN(C(=O)OCc2ccccc2)CC1. The Morgan fingerprint density at radius 1 is 1.00 bits per heavy atom. The molecule has 31 heavy (non-hydrogen) atoms. The van der Waals surface area contributed by atoms with Crippen molar-refractivity contribution in [3.8, 4) is 12.0 Å². The lowest BCUT2D eigenvalue weighted by Crippen LogP contribution is -2.46. The minimum Gasteiger partial charge on any atom is -0.447 e. The Bertz CT molecular complexity index is 674. The second-order valence-corrected chi connectivity index (χ2v) is 7.61. The van der Waals surface area contributed by atoms with E-state index in [1.165, 1.54) is 0 Å². The van der Waals surface area contributed by atoms with E-state index in [9.17, 15) is 4.79 Å². The zero-order valence-corrected chi connectivity index (χ0v) is 19.1. The number of nitrogens with one attached hydrogen (secondary N) is 1. The molecule has 1 aromatic carbocycles. The number of benzene rings is 1. The molecule has 0 aromatic heterocycles. The predicted octanol–water partition coefficient (Wildman–Crippen LogP) is 2.24. The van der Waals surface area contributed by atoms with Gasteiger partial charge in [-0.1, -0.05) is 37.3 Å². The lowest BCUT2D eigenvalue weighted by atomic mass is 10.2. The number of carbonyl (C=O) groups is 1. The van der Waals surface area contributed by atoms with Crippen molar-refractivity contribution in [2.75, 3.05) is 72.1 Å². The fourth-order valence-corrected chi connectivity index (χ4v) is 3.42. The molecule has 1 amide bonds. The van der Waals surface area contributed by atoms with Gasteiger partial charge in [0.15, 0.2) is 0 Å². The van der Waals surface area contributed by atoms with Gasteiger partial charge in [0.05, 0.1) is 13.2 Å². The van der Waals surface area contributed by atoms with E-state index in [4.69, 9.17) is 9.47 Å². The summed E-state index contributed by atoms with van der Waals surface area (Å²) in [6, 6.07) is 9.81. The van der Waals surface area contributed by atoms with Crippen LogP contribution in [-0.4, -0.2) is 92.8 Å². The molecule has 0 aliphatic carbocycles. The van der Waals surface area contributed by atoms with Crippen LogP contribution in [0.25, 0.3) is 0 Å². The standard InChI is InChI=1S/C24H38N4O3/c1-3-13-26-15-11-25-12-16-27(14-8-21-30-4-2)18-20-28(19-17-26)24(29)31-22-23-9-6-5-7-10-23/h5-7,9-10,25H,3-4,11-20,22H2,1-2H3. The van der Waals surface area contributed by atoms with Gasteiger partial charge >= 0.3 is 6.09 Å². The molecule has 172 valence electrons. The molecule has 1 aliphatic rings. The zero-order chi connectivity index (χ0) is 22.2. The van der Waals surface area contributed by atoms with Crippen molar-refractivity contribution in [1.29, 1.82) is 0 Å². The third-order valence-corrected chi connectivity index (χ3v) is 5.18. The minimum atomic E-state index is -0.254. The molecule has 1 N–H and O–H groups in total. The molecule has 1 heterocycles. The number of ether oxygens (including phenoxy) is 2. The molecule has 1 saturated heterocycles. The van der Waals surface area contributed by atoms with Crippen LogP contribution in [0, 0.1) is 12.0 Å². The Morgan fingerprint density at radius 2 is 1.71 bits per heavy atom. The summed E-state index contributed by atoms with van der Waals surface area (Å²) in [5.74, 6) is 3.07. The number of hydrogen-bond donors (Lipinski definition) is 1. The largest absolute Gasteiger partial charge is 0.447 e. The third kappa shape index (κ3) is 10.5. The fraction of sp³-hybridized carbons (Fsp3) is 0.625. The third-order valence-electron chi connectivity index (χ3n) is 5.18. The van der Waals surface area contributed by atoms with E-state index in [0.29, 0.717) is 32.8 Å².